The van der Waals surface area contributed by atoms with E-state index >= 15 is 0 Å². The SMILES string of the molecule is CC(NC(=O)OC(C)(C)C)C(Cc1ccc(Cl)cc1)c1cncc(Br)c1. The van der Waals surface area contributed by atoms with Crippen molar-refractivity contribution >= 4 is 33.6 Å². The van der Waals surface area contributed by atoms with Gasteiger partial charge in [-0.2, -0.15) is 0 Å². The van der Waals surface area contributed by atoms with Crippen molar-refractivity contribution in [2.24, 2.45) is 0 Å². The standard InChI is InChI=1S/C20H24BrClN2O2/c1-13(24-19(25)26-20(2,3)4)18(15-10-16(21)12-23-11-15)9-14-5-7-17(22)8-6-14/h5-8,10-13,18H,9H2,1-4H3,(H,24,25). The van der Waals surface area contributed by atoms with Crippen LogP contribution in [0.4, 0.5) is 4.79 Å². The van der Waals surface area contributed by atoms with Crippen LogP contribution in [0.5, 0.6) is 0 Å². The second-order valence-electron chi connectivity index (χ2n) is 7.31. The molecule has 1 aromatic heterocycles. The maximum atomic E-state index is 12.2. The first kappa shape index (κ1) is 20.7. The van der Waals surface area contributed by atoms with Crippen molar-refractivity contribution in [3.8, 4) is 0 Å². The average molecular weight is 440 g/mol. The van der Waals surface area contributed by atoms with Crippen LogP contribution in [-0.2, 0) is 11.2 Å². The lowest BCUT2D eigenvalue weighted by Gasteiger charge is -2.27. The molecule has 0 saturated heterocycles. The molecule has 26 heavy (non-hydrogen) atoms. The molecular weight excluding hydrogens is 416 g/mol. The Morgan fingerprint density at radius 3 is 2.50 bits per heavy atom. The van der Waals surface area contributed by atoms with Crippen molar-refractivity contribution in [3.63, 3.8) is 0 Å². The number of nitrogens with one attached hydrogen (secondary N) is 1. The molecular formula is C20H24BrClN2O2. The second-order valence-corrected chi connectivity index (χ2v) is 8.66. The van der Waals surface area contributed by atoms with Crippen LogP contribution in [0.3, 0.4) is 0 Å². The van der Waals surface area contributed by atoms with Crippen LogP contribution < -0.4 is 5.32 Å². The molecule has 0 spiro atoms. The van der Waals surface area contributed by atoms with Crippen LogP contribution in [0.1, 0.15) is 44.7 Å². The van der Waals surface area contributed by atoms with Crippen LogP contribution >= 0.6 is 27.5 Å². The molecule has 2 atom stereocenters. The lowest BCUT2D eigenvalue weighted by molar-refractivity contribution is 0.0501. The topological polar surface area (TPSA) is 51.2 Å². The van der Waals surface area contributed by atoms with Gasteiger partial charge in [0.2, 0.25) is 0 Å². The van der Waals surface area contributed by atoms with E-state index in [4.69, 9.17) is 16.3 Å². The molecule has 2 aromatic rings. The van der Waals surface area contributed by atoms with E-state index in [9.17, 15) is 4.79 Å². The highest BCUT2D eigenvalue weighted by molar-refractivity contribution is 9.10. The fourth-order valence-electron chi connectivity index (χ4n) is 2.68. The highest BCUT2D eigenvalue weighted by Gasteiger charge is 2.25. The van der Waals surface area contributed by atoms with Gasteiger partial charge in [-0.3, -0.25) is 4.98 Å². The van der Waals surface area contributed by atoms with E-state index in [1.165, 1.54) is 0 Å². The molecule has 0 bridgehead atoms. The van der Waals surface area contributed by atoms with Gasteiger partial charge in [0, 0.05) is 33.8 Å². The van der Waals surface area contributed by atoms with Gasteiger partial charge >= 0.3 is 6.09 Å². The smallest absolute Gasteiger partial charge is 0.407 e. The molecule has 0 aliphatic carbocycles. The van der Waals surface area contributed by atoms with Crippen LogP contribution in [-0.4, -0.2) is 22.7 Å². The van der Waals surface area contributed by atoms with E-state index in [0.717, 1.165) is 22.0 Å². The summed E-state index contributed by atoms with van der Waals surface area (Å²) in [5.41, 5.74) is 1.64. The number of carbonyl (C=O) groups excluding carboxylic acids is 1. The maximum absolute atomic E-state index is 12.2. The largest absolute Gasteiger partial charge is 0.444 e. The summed E-state index contributed by atoms with van der Waals surface area (Å²) in [6.07, 6.45) is 3.90. The number of hydrogen-bond acceptors (Lipinski definition) is 3. The Morgan fingerprint density at radius 2 is 1.92 bits per heavy atom. The van der Waals surface area contributed by atoms with Crippen molar-refractivity contribution in [2.45, 2.75) is 51.7 Å². The predicted octanol–water partition coefficient (Wildman–Crippen LogP) is 5.74. The summed E-state index contributed by atoms with van der Waals surface area (Å²) in [5.74, 6) is 0.0358. The zero-order valence-electron chi connectivity index (χ0n) is 15.4. The summed E-state index contributed by atoms with van der Waals surface area (Å²) >= 11 is 9.46. The molecule has 0 saturated carbocycles. The summed E-state index contributed by atoms with van der Waals surface area (Å²) in [5, 5.41) is 3.66. The molecule has 1 heterocycles. The molecule has 2 rings (SSSR count). The van der Waals surface area contributed by atoms with E-state index in [1.807, 2.05) is 64.2 Å². The van der Waals surface area contributed by atoms with Gasteiger partial charge in [0.15, 0.2) is 0 Å². The van der Waals surface area contributed by atoms with Gasteiger partial charge in [-0.25, -0.2) is 4.79 Å². The van der Waals surface area contributed by atoms with E-state index < -0.39 is 11.7 Å². The second kappa shape index (κ2) is 8.87. The number of pyridine rings is 1. The third kappa shape index (κ3) is 6.61. The molecule has 1 N–H and O–H groups in total. The Morgan fingerprint density at radius 1 is 1.27 bits per heavy atom. The molecule has 4 nitrogen and oxygen atoms in total. The van der Waals surface area contributed by atoms with E-state index in [-0.39, 0.29) is 12.0 Å². The Balaban J connectivity index is 2.22. The molecule has 0 radical (unpaired) electrons. The fraction of sp³-hybridized carbons (Fsp3) is 0.400. The number of ether oxygens (including phenoxy) is 1. The summed E-state index contributed by atoms with van der Waals surface area (Å²) in [6.45, 7) is 7.52. The van der Waals surface area contributed by atoms with Gasteiger partial charge in [0.1, 0.15) is 5.60 Å². The summed E-state index contributed by atoms with van der Waals surface area (Å²) in [7, 11) is 0. The maximum Gasteiger partial charge on any atom is 0.407 e. The minimum absolute atomic E-state index is 0.0358. The van der Waals surface area contributed by atoms with Crippen molar-refractivity contribution in [3.05, 3.63) is 63.3 Å². The van der Waals surface area contributed by atoms with Crippen molar-refractivity contribution in [2.75, 3.05) is 0 Å². The molecule has 6 heteroatoms. The van der Waals surface area contributed by atoms with Crippen molar-refractivity contribution in [1.29, 1.82) is 0 Å². The highest BCUT2D eigenvalue weighted by atomic mass is 79.9. The molecule has 0 fully saturated rings. The first-order valence-corrected chi connectivity index (χ1v) is 9.65. The molecule has 2 unspecified atom stereocenters. The number of halogens is 2. The Kier molecular flexibility index (Phi) is 7.07. The number of nitrogens with zero attached hydrogens (tertiary/aromatic N) is 1. The quantitative estimate of drug-likeness (QED) is 0.646. The minimum Gasteiger partial charge on any atom is -0.444 e. The Bertz CT molecular complexity index is 744. The van der Waals surface area contributed by atoms with Gasteiger partial charge in [0.05, 0.1) is 0 Å². The number of amides is 1. The molecule has 0 aliphatic rings. The van der Waals surface area contributed by atoms with Crippen molar-refractivity contribution < 1.29 is 9.53 Å². The van der Waals surface area contributed by atoms with Crippen LogP contribution in [0.2, 0.25) is 5.02 Å². The lowest BCUT2D eigenvalue weighted by atomic mass is 9.87. The van der Waals surface area contributed by atoms with Crippen LogP contribution in [0.25, 0.3) is 0 Å². The minimum atomic E-state index is -0.535. The molecule has 140 valence electrons. The third-order valence-corrected chi connectivity index (χ3v) is 4.56. The number of alkyl carbamates (subject to hydrolysis) is 1. The third-order valence-electron chi connectivity index (χ3n) is 3.87. The number of aromatic nitrogens is 1. The zero-order chi connectivity index (χ0) is 19.3. The van der Waals surface area contributed by atoms with Gasteiger partial charge in [-0.1, -0.05) is 23.7 Å². The van der Waals surface area contributed by atoms with Gasteiger partial charge in [-0.15, -0.1) is 0 Å². The number of rotatable bonds is 5. The predicted molar refractivity (Wildman–Crippen MR) is 109 cm³/mol. The number of carbonyl (C=O) groups is 1. The Labute approximate surface area is 168 Å². The normalized spacial score (nSPS) is 13.8. The first-order chi connectivity index (χ1) is 12.1. The molecule has 0 aliphatic heterocycles. The van der Waals surface area contributed by atoms with Crippen LogP contribution in [0.15, 0.2) is 47.2 Å². The Hall–Kier alpha value is -1.59. The van der Waals surface area contributed by atoms with Gasteiger partial charge in [-0.05, 0) is 79.4 Å². The highest BCUT2D eigenvalue weighted by Crippen LogP contribution is 2.27. The van der Waals surface area contributed by atoms with E-state index in [0.29, 0.717) is 5.02 Å². The average Bonchev–Trinajstić information content (AvgIpc) is 2.52. The van der Waals surface area contributed by atoms with Gasteiger partial charge < -0.3 is 10.1 Å². The van der Waals surface area contributed by atoms with Crippen molar-refractivity contribution in [1.82, 2.24) is 10.3 Å². The number of hydrogen-bond donors (Lipinski definition) is 1. The first-order valence-electron chi connectivity index (χ1n) is 8.48. The van der Waals surface area contributed by atoms with E-state index in [2.05, 4.69) is 26.2 Å². The lowest BCUT2D eigenvalue weighted by Crippen LogP contribution is -2.41. The fourth-order valence-corrected chi connectivity index (χ4v) is 3.19. The summed E-state index contributed by atoms with van der Waals surface area (Å²) in [6, 6.07) is 9.64. The molecule has 1 aromatic carbocycles. The van der Waals surface area contributed by atoms with Gasteiger partial charge in [0.25, 0.3) is 0 Å². The zero-order valence-corrected chi connectivity index (χ0v) is 17.8. The van der Waals surface area contributed by atoms with Crippen LogP contribution in [0, 0.1) is 0 Å². The number of benzene rings is 1. The molecule has 1 amide bonds. The monoisotopic (exact) mass is 438 g/mol. The summed E-state index contributed by atoms with van der Waals surface area (Å²) in [4.78, 5) is 16.5. The van der Waals surface area contributed by atoms with E-state index in [1.54, 1.807) is 6.20 Å². The summed E-state index contributed by atoms with van der Waals surface area (Å²) < 4.78 is 6.30.